The van der Waals surface area contributed by atoms with Crippen LogP contribution in [-0.2, 0) is 13.1 Å². The predicted octanol–water partition coefficient (Wildman–Crippen LogP) is 3.32. The molecule has 1 aliphatic heterocycles. The van der Waals surface area contributed by atoms with Gasteiger partial charge in [-0.3, -0.25) is 0 Å². The average molecular weight is 450 g/mol. The maximum atomic E-state index is 2.62. The summed E-state index contributed by atoms with van der Waals surface area (Å²) in [5.41, 5.74) is 3.18. The Morgan fingerprint density at radius 3 is 1.62 bits per heavy atom. The van der Waals surface area contributed by atoms with Crippen LogP contribution in [0.25, 0.3) is 0 Å². The number of benzene rings is 3. The molecule has 0 bridgehead atoms. The van der Waals surface area contributed by atoms with Crippen molar-refractivity contribution in [1.29, 1.82) is 0 Å². The van der Waals surface area contributed by atoms with Crippen LogP contribution in [0.3, 0.4) is 0 Å². The SMILES string of the molecule is CC(C)(C)N1Cc2cccc[c]2[Sb]([c]2ccccc2)[c]2ccccc2C1. The van der Waals surface area contributed by atoms with E-state index in [1.54, 1.807) is 10.5 Å². The summed E-state index contributed by atoms with van der Waals surface area (Å²) >= 11 is -2.02. The number of rotatable bonds is 1. The van der Waals surface area contributed by atoms with E-state index in [2.05, 4.69) is 105 Å². The molecule has 0 saturated carbocycles. The number of fused-ring (bicyclic) bond motifs is 2. The van der Waals surface area contributed by atoms with Gasteiger partial charge in [0.05, 0.1) is 0 Å². The van der Waals surface area contributed by atoms with Crippen LogP contribution < -0.4 is 10.5 Å². The zero-order chi connectivity index (χ0) is 18.1. The molecular formula is C24H26NSb. The molecule has 3 aromatic rings. The first-order chi connectivity index (χ1) is 12.5. The van der Waals surface area contributed by atoms with Crippen LogP contribution in [0.1, 0.15) is 31.9 Å². The van der Waals surface area contributed by atoms with Gasteiger partial charge in [0.2, 0.25) is 0 Å². The molecule has 1 heterocycles. The molecule has 0 aromatic heterocycles. The summed E-state index contributed by atoms with van der Waals surface area (Å²) in [5.74, 6) is 0. The van der Waals surface area contributed by atoms with Crippen LogP contribution >= 0.6 is 0 Å². The van der Waals surface area contributed by atoms with E-state index in [-0.39, 0.29) is 5.54 Å². The van der Waals surface area contributed by atoms with Gasteiger partial charge in [0.15, 0.2) is 0 Å². The van der Waals surface area contributed by atoms with Gasteiger partial charge >= 0.3 is 165 Å². The molecule has 0 N–H and O–H groups in total. The van der Waals surface area contributed by atoms with Crippen LogP contribution in [0, 0.1) is 0 Å². The first-order valence-corrected chi connectivity index (χ1v) is 13.1. The van der Waals surface area contributed by atoms with E-state index in [1.807, 2.05) is 0 Å². The normalized spacial score (nSPS) is 15.7. The van der Waals surface area contributed by atoms with E-state index in [0.29, 0.717) is 0 Å². The topological polar surface area (TPSA) is 3.24 Å². The Morgan fingerprint density at radius 2 is 1.12 bits per heavy atom. The fourth-order valence-electron chi connectivity index (χ4n) is 3.65. The van der Waals surface area contributed by atoms with Crippen LogP contribution in [0.2, 0.25) is 0 Å². The third kappa shape index (κ3) is 3.48. The summed E-state index contributed by atoms with van der Waals surface area (Å²) in [6.07, 6.45) is 0. The molecule has 3 aromatic carbocycles. The minimum absolute atomic E-state index is 0.145. The van der Waals surface area contributed by atoms with Gasteiger partial charge in [-0.15, -0.1) is 0 Å². The molecule has 0 radical (unpaired) electrons. The second-order valence-corrected chi connectivity index (χ2v) is 14.1. The van der Waals surface area contributed by atoms with Crippen molar-refractivity contribution in [3.63, 3.8) is 0 Å². The van der Waals surface area contributed by atoms with E-state index >= 15 is 0 Å². The van der Waals surface area contributed by atoms with Crippen molar-refractivity contribution in [3.8, 4) is 0 Å². The van der Waals surface area contributed by atoms with Crippen molar-refractivity contribution in [2.75, 3.05) is 0 Å². The predicted molar refractivity (Wildman–Crippen MR) is 113 cm³/mol. The van der Waals surface area contributed by atoms with Gasteiger partial charge in [-0.25, -0.2) is 0 Å². The summed E-state index contributed by atoms with van der Waals surface area (Å²) in [6.45, 7) is 9.05. The molecule has 0 saturated heterocycles. The monoisotopic (exact) mass is 449 g/mol. The number of hydrogen-bond acceptors (Lipinski definition) is 1. The summed E-state index contributed by atoms with van der Waals surface area (Å²) in [5, 5.41) is 0. The van der Waals surface area contributed by atoms with Gasteiger partial charge in [-0.1, -0.05) is 0 Å². The molecule has 4 rings (SSSR count). The molecule has 1 nitrogen and oxygen atoms in total. The van der Waals surface area contributed by atoms with Gasteiger partial charge in [0, 0.05) is 0 Å². The second kappa shape index (κ2) is 7.22. The molecule has 0 unspecified atom stereocenters. The molecule has 0 aliphatic carbocycles. The van der Waals surface area contributed by atoms with Crippen molar-refractivity contribution in [3.05, 3.63) is 90.0 Å². The molecule has 132 valence electrons. The van der Waals surface area contributed by atoms with Crippen LogP contribution in [0.15, 0.2) is 78.9 Å². The van der Waals surface area contributed by atoms with Gasteiger partial charge in [-0.2, -0.15) is 0 Å². The summed E-state index contributed by atoms with van der Waals surface area (Å²) in [7, 11) is 0. The first kappa shape index (κ1) is 17.8. The molecule has 0 atom stereocenters. The average Bonchev–Trinajstić information content (AvgIpc) is 2.62. The Balaban J connectivity index is 1.96. The van der Waals surface area contributed by atoms with Crippen molar-refractivity contribution in [2.24, 2.45) is 0 Å². The number of nitrogens with zero attached hydrogens (tertiary/aromatic N) is 1. The number of hydrogen-bond donors (Lipinski definition) is 0. The van der Waals surface area contributed by atoms with E-state index in [9.17, 15) is 0 Å². The fourth-order valence-corrected chi connectivity index (χ4v) is 11.1. The summed E-state index contributed by atoms with van der Waals surface area (Å²) in [6, 6.07) is 29.6. The zero-order valence-electron chi connectivity index (χ0n) is 15.8. The van der Waals surface area contributed by atoms with Crippen LogP contribution in [-0.4, -0.2) is 30.6 Å². The molecular weight excluding hydrogens is 424 g/mol. The fraction of sp³-hybridized carbons (Fsp3) is 0.250. The van der Waals surface area contributed by atoms with E-state index in [1.165, 1.54) is 11.1 Å². The molecule has 2 heteroatoms. The Hall–Kier alpha value is -1.56. The van der Waals surface area contributed by atoms with Gasteiger partial charge < -0.3 is 0 Å². The van der Waals surface area contributed by atoms with Crippen LogP contribution in [0.4, 0.5) is 0 Å². The Labute approximate surface area is 164 Å². The molecule has 0 amide bonds. The van der Waals surface area contributed by atoms with Gasteiger partial charge in [-0.05, 0) is 0 Å². The van der Waals surface area contributed by atoms with E-state index < -0.39 is 20.2 Å². The minimum atomic E-state index is -2.02. The van der Waals surface area contributed by atoms with Crippen molar-refractivity contribution in [1.82, 2.24) is 4.90 Å². The van der Waals surface area contributed by atoms with Crippen molar-refractivity contribution < 1.29 is 0 Å². The third-order valence-corrected chi connectivity index (χ3v) is 12.7. The van der Waals surface area contributed by atoms with Gasteiger partial charge in [0.25, 0.3) is 0 Å². The molecule has 1 aliphatic rings. The van der Waals surface area contributed by atoms with Crippen LogP contribution in [0.5, 0.6) is 0 Å². The molecule has 0 spiro atoms. The Morgan fingerprint density at radius 1 is 0.654 bits per heavy atom. The van der Waals surface area contributed by atoms with E-state index in [4.69, 9.17) is 0 Å². The van der Waals surface area contributed by atoms with E-state index in [0.717, 1.165) is 13.1 Å². The van der Waals surface area contributed by atoms with Gasteiger partial charge in [0.1, 0.15) is 0 Å². The zero-order valence-corrected chi connectivity index (χ0v) is 18.4. The Bertz CT molecular complexity index is 846. The summed E-state index contributed by atoms with van der Waals surface area (Å²) in [4.78, 5) is 2.62. The standard InChI is InChI=1S/C18H21N.C6H5.Sb/c1-18(2,3)19(14-16-10-6-4-7-11-16)15-17-12-8-5-9-13-17;1-2-4-6-5-3-1;/h4-10,12H,14-15H2,1-3H3;1-5H;. The van der Waals surface area contributed by atoms with Crippen molar-refractivity contribution >= 4 is 30.7 Å². The summed E-state index contributed by atoms with van der Waals surface area (Å²) < 4.78 is 4.78. The molecule has 0 fully saturated rings. The third-order valence-electron chi connectivity index (χ3n) is 5.15. The Kier molecular flexibility index (Phi) is 4.95. The molecule has 26 heavy (non-hydrogen) atoms. The quantitative estimate of drug-likeness (QED) is 0.515. The first-order valence-electron chi connectivity index (χ1n) is 9.30. The maximum absolute atomic E-state index is 2.62. The van der Waals surface area contributed by atoms with Crippen molar-refractivity contribution in [2.45, 2.75) is 39.4 Å². The second-order valence-electron chi connectivity index (χ2n) is 7.96.